The summed E-state index contributed by atoms with van der Waals surface area (Å²) in [5, 5.41) is 13.1. The number of phenols is 1. The third-order valence-corrected chi connectivity index (χ3v) is 4.64. The van der Waals surface area contributed by atoms with Gasteiger partial charge in [0.2, 0.25) is 0 Å². The largest absolute Gasteiger partial charge is 0.508 e. The van der Waals surface area contributed by atoms with Crippen LogP contribution in [0, 0.1) is 0 Å². The molecule has 1 aliphatic rings. The number of aromatic hydroxyl groups is 1. The molecule has 1 aromatic rings. The van der Waals surface area contributed by atoms with Crippen LogP contribution in [0.4, 0.5) is 0 Å². The van der Waals surface area contributed by atoms with Crippen molar-refractivity contribution in [2.45, 2.75) is 31.1 Å². The van der Waals surface area contributed by atoms with E-state index >= 15 is 0 Å². The van der Waals surface area contributed by atoms with Gasteiger partial charge in [-0.3, -0.25) is 0 Å². The maximum atomic E-state index is 9.62. The van der Waals surface area contributed by atoms with Gasteiger partial charge in [0.05, 0.1) is 0 Å². The fourth-order valence-corrected chi connectivity index (χ4v) is 3.37. The predicted molar refractivity (Wildman–Crippen MR) is 69.9 cm³/mol. The van der Waals surface area contributed by atoms with Gasteiger partial charge in [0, 0.05) is 23.4 Å². The molecule has 0 saturated carbocycles. The third kappa shape index (κ3) is 2.92. The molecule has 1 aliphatic heterocycles. The minimum Gasteiger partial charge on any atom is -0.508 e. The van der Waals surface area contributed by atoms with Gasteiger partial charge < -0.3 is 10.4 Å². The van der Waals surface area contributed by atoms with Crippen LogP contribution < -0.4 is 5.32 Å². The summed E-state index contributed by atoms with van der Waals surface area (Å²) in [6.45, 7) is 4.09. The molecule has 2 rings (SSSR count). The molecule has 1 aromatic carbocycles. The summed E-state index contributed by atoms with van der Waals surface area (Å²) in [6, 6.07) is 7.52. The van der Waals surface area contributed by atoms with Crippen molar-refractivity contribution in [1.29, 1.82) is 0 Å². The quantitative estimate of drug-likeness (QED) is 0.844. The zero-order valence-electron chi connectivity index (χ0n) is 9.70. The van der Waals surface area contributed by atoms with Gasteiger partial charge >= 0.3 is 0 Å². The molecule has 1 fully saturated rings. The van der Waals surface area contributed by atoms with Crippen LogP contribution in [0.15, 0.2) is 24.3 Å². The number of hydrogen-bond acceptors (Lipinski definition) is 3. The van der Waals surface area contributed by atoms with Gasteiger partial charge in [-0.05, 0) is 31.6 Å². The Labute approximate surface area is 101 Å². The highest BCUT2D eigenvalue weighted by molar-refractivity contribution is 8.00. The third-order valence-electron chi connectivity index (χ3n) is 3.11. The van der Waals surface area contributed by atoms with E-state index in [-0.39, 0.29) is 0 Å². The van der Waals surface area contributed by atoms with Crippen LogP contribution in [0.3, 0.4) is 0 Å². The summed E-state index contributed by atoms with van der Waals surface area (Å²) in [5.41, 5.74) is 0.981. The number of phenolic OH excluding ortho intramolecular Hbond substituents is 1. The van der Waals surface area contributed by atoms with E-state index in [0.29, 0.717) is 10.5 Å². The number of thioether (sulfide) groups is 1. The molecule has 0 bridgehead atoms. The summed E-state index contributed by atoms with van der Waals surface area (Å²) >= 11 is 2.06. The van der Waals surface area contributed by atoms with Crippen molar-refractivity contribution < 1.29 is 5.11 Å². The summed E-state index contributed by atoms with van der Waals surface area (Å²) in [6.07, 6.45) is 2.63. The van der Waals surface area contributed by atoms with Crippen LogP contribution >= 0.6 is 11.8 Å². The second kappa shape index (κ2) is 5.11. The smallest absolute Gasteiger partial charge is 0.120 e. The lowest BCUT2D eigenvalue weighted by molar-refractivity contribution is 0.461. The maximum absolute atomic E-state index is 9.62. The Bertz CT molecular complexity index is 348. The van der Waals surface area contributed by atoms with Gasteiger partial charge in [-0.25, -0.2) is 0 Å². The van der Waals surface area contributed by atoms with Gasteiger partial charge in [-0.15, -0.1) is 0 Å². The Balaban J connectivity index is 1.82. The maximum Gasteiger partial charge on any atom is 0.120 e. The topological polar surface area (TPSA) is 32.3 Å². The number of nitrogens with one attached hydrogen (secondary N) is 1. The van der Waals surface area contributed by atoms with Gasteiger partial charge in [-0.1, -0.05) is 18.2 Å². The van der Waals surface area contributed by atoms with Crippen LogP contribution in [0.1, 0.15) is 25.3 Å². The van der Waals surface area contributed by atoms with E-state index in [4.69, 9.17) is 0 Å². The minimum atomic E-state index is 0.388. The average molecular weight is 237 g/mol. The molecular weight excluding hydrogens is 218 g/mol. The fraction of sp³-hybridized carbons (Fsp3) is 0.538. The molecule has 2 nitrogen and oxygen atoms in total. The summed E-state index contributed by atoms with van der Waals surface area (Å²) in [4.78, 5) is 0. The number of para-hydroxylation sites is 1. The number of benzene rings is 1. The Morgan fingerprint density at radius 2 is 2.25 bits per heavy atom. The molecule has 0 radical (unpaired) electrons. The lowest BCUT2D eigenvalue weighted by atomic mass is 10.1. The van der Waals surface area contributed by atoms with E-state index < -0.39 is 0 Å². The van der Waals surface area contributed by atoms with Crippen molar-refractivity contribution in [2.24, 2.45) is 0 Å². The Morgan fingerprint density at radius 3 is 2.94 bits per heavy atom. The van der Waals surface area contributed by atoms with E-state index in [2.05, 4.69) is 24.0 Å². The van der Waals surface area contributed by atoms with Crippen molar-refractivity contribution in [1.82, 2.24) is 5.32 Å². The molecule has 1 saturated heterocycles. The lowest BCUT2D eigenvalue weighted by Crippen LogP contribution is -2.32. The van der Waals surface area contributed by atoms with E-state index in [1.807, 2.05) is 18.2 Å². The molecule has 0 spiro atoms. The summed E-state index contributed by atoms with van der Waals surface area (Å²) in [7, 11) is 0. The van der Waals surface area contributed by atoms with Gasteiger partial charge in [0.1, 0.15) is 5.75 Å². The first-order valence-corrected chi connectivity index (χ1v) is 6.80. The molecule has 1 unspecified atom stereocenters. The van der Waals surface area contributed by atoms with Crippen LogP contribution in [0.2, 0.25) is 0 Å². The molecule has 0 aliphatic carbocycles. The van der Waals surface area contributed by atoms with Crippen molar-refractivity contribution in [3.8, 4) is 5.75 Å². The first-order valence-electron chi connectivity index (χ1n) is 5.81. The predicted octanol–water partition coefficient (Wildman–Crippen LogP) is 2.77. The van der Waals surface area contributed by atoms with Gasteiger partial charge in [0.25, 0.3) is 0 Å². The van der Waals surface area contributed by atoms with Crippen molar-refractivity contribution in [2.75, 3.05) is 12.3 Å². The standard InChI is InChI=1S/C13H19NOS/c1-13(7-4-8-16-13)10-14-9-11-5-2-3-6-12(11)15/h2-3,5-6,14-15H,4,7-10H2,1H3. The van der Waals surface area contributed by atoms with Crippen LogP contribution in [-0.2, 0) is 6.54 Å². The molecule has 88 valence electrons. The Hall–Kier alpha value is -0.670. The first-order chi connectivity index (χ1) is 7.70. The fourth-order valence-electron chi connectivity index (χ4n) is 2.10. The number of rotatable bonds is 4. The zero-order chi connectivity index (χ0) is 11.4. The van der Waals surface area contributed by atoms with Gasteiger partial charge in [0.15, 0.2) is 0 Å². The summed E-state index contributed by atoms with van der Waals surface area (Å²) < 4.78 is 0.393. The Kier molecular flexibility index (Phi) is 3.77. The highest BCUT2D eigenvalue weighted by Crippen LogP contribution is 2.37. The normalized spacial score (nSPS) is 24.8. The molecule has 2 N–H and O–H groups in total. The van der Waals surface area contributed by atoms with E-state index in [1.54, 1.807) is 6.07 Å². The highest BCUT2D eigenvalue weighted by atomic mass is 32.2. The minimum absolute atomic E-state index is 0.388. The zero-order valence-corrected chi connectivity index (χ0v) is 10.5. The first kappa shape index (κ1) is 11.8. The second-order valence-corrected chi connectivity index (χ2v) is 6.32. The Morgan fingerprint density at radius 1 is 1.44 bits per heavy atom. The molecule has 1 heterocycles. The monoisotopic (exact) mass is 237 g/mol. The van der Waals surface area contributed by atoms with E-state index in [0.717, 1.165) is 18.7 Å². The van der Waals surface area contributed by atoms with Crippen LogP contribution in [-0.4, -0.2) is 22.2 Å². The van der Waals surface area contributed by atoms with Crippen molar-refractivity contribution in [3.63, 3.8) is 0 Å². The van der Waals surface area contributed by atoms with E-state index in [9.17, 15) is 5.11 Å². The van der Waals surface area contributed by atoms with Crippen molar-refractivity contribution in [3.05, 3.63) is 29.8 Å². The van der Waals surface area contributed by atoms with Crippen molar-refractivity contribution >= 4 is 11.8 Å². The highest BCUT2D eigenvalue weighted by Gasteiger charge is 2.28. The summed E-state index contributed by atoms with van der Waals surface area (Å²) in [5.74, 6) is 1.67. The lowest BCUT2D eigenvalue weighted by Gasteiger charge is -2.23. The number of hydrogen-bond donors (Lipinski definition) is 2. The van der Waals surface area contributed by atoms with Gasteiger partial charge in [-0.2, -0.15) is 11.8 Å². The second-order valence-electron chi connectivity index (χ2n) is 4.63. The van der Waals surface area contributed by atoms with Crippen LogP contribution in [0.25, 0.3) is 0 Å². The van der Waals surface area contributed by atoms with E-state index in [1.165, 1.54) is 18.6 Å². The van der Waals surface area contributed by atoms with Crippen LogP contribution in [0.5, 0.6) is 5.75 Å². The molecule has 3 heteroatoms. The molecule has 0 aromatic heterocycles. The molecule has 16 heavy (non-hydrogen) atoms. The average Bonchev–Trinajstić information content (AvgIpc) is 2.68. The SMILES string of the molecule is CC1(CNCc2ccccc2O)CCCS1. The molecule has 1 atom stereocenters. The molecule has 0 amide bonds. The molecular formula is C13H19NOS.